The minimum Gasteiger partial charge on any atom is -0.481 e. The average molecular weight is 213 g/mol. The number of piperidine rings is 3. The Morgan fingerprint density at radius 1 is 1.27 bits per heavy atom. The molecule has 0 aliphatic carbocycles. The molecule has 3 aliphatic rings. The maximum absolute atomic E-state index is 11.3. The van der Waals surface area contributed by atoms with Crippen LogP contribution in [0, 0.1) is 11.3 Å². The van der Waals surface area contributed by atoms with Gasteiger partial charge in [0.2, 0.25) is 0 Å². The summed E-state index contributed by atoms with van der Waals surface area (Å²) in [4.78, 5) is 24.1. The van der Waals surface area contributed by atoms with E-state index in [1.807, 2.05) is 0 Å². The Labute approximate surface area is 87.7 Å². The number of carboxylic acid groups (broad SMARTS) is 2. The summed E-state index contributed by atoms with van der Waals surface area (Å²) in [5, 5.41) is 18.1. The van der Waals surface area contributed by atoms with Crippen LogP contribution >= 0.6 is 0 Å². The molecule has 0 amide bonds. The lowest BCUT2D eigenvalue weighted by atomic mass is 9.65. The van der Waals surface area contributed by atoms with E-state index in [4.69, 9.17) is 5.11 Å². The van der Waals surface area contributed by atoms with Gasteiger partial charge in [0, 0.05) is 6.54 Å². The first-order valence-electron chi connectivity index (χ1n) is 5.22. The van der Waals surface area contributed by atoms with Gasteiger partial charge < -0.3 is 15.1 Å². The molecule has 2 N–H and O–H groups in total. The van der Waals surface area contributed by atoms with E-state index in [0.29, 0.717) is 6.54 Å². The highest BCUT2D eigenvalue weighted by Crippen LogP contribution is 2.44. The van der Waals surface area contributed by atoms with Gasteiger partial charge in [-0.25, -0.2) is 0 Å². The maximum Gasteiger partial charge on any atom is 0.311 e. The second-order valence-corrected chi connectivity index (χ2v) is 4.58. The summed E-state index contributed by atoms with van der Waals surface area (Å²) < 4.78 is 0. The number of aliphatic carboxylic acids is 2. The Hall–Kier alpha value is -1.10. The van der Waals surface area contributed by atoms with Gasteiger partial charge in [0.05, 0.1) is 11.8 Å². The van der Waals surface area contributed by atoms with Gasteiger partial charge in [0.15, 0.2) is 0 Å². The lowest BCUT2D eigenvalue weighted by Gasteiger charge is -2.50. The van der Waals surface area contributed by atoms with Crippen LogP contribution in [-0.2, 0) is 9.59 Å². The first kappa shape index (κ1) is 10.4. The normalized spacial score (nSPS) is 38.9. The van der Waals surface area contributed by atoms with Crippen molar-refractivity contribution in [2.45, 2.75) is 19.3 Å². The van der Waals surface area contributed by atoms with Crippen LogP contribution in [0.3, 0.4) is 0 Å². The lowest BCUT2D eigenvalue weighted by Crippen LogP contribution is -2.58. The topological polar surface area (TPSA) is 77.8 Å². The van der Waals surface area contributed by atoms with E-state index in [1.165, 1.54) is 0 Å². The summed E-state index contributed by atoms with van der Waals surface area (Å²) >= 11 is 0. The number of carbonyl (C=O) groups is 2. The Bertz CT molecular complexity index is 296. The molecule has 0 aromatic rings. The monoisotopic (exact) mass is 213 g/mol. The van der Waals surface area contributed by atoms with Gasteiger partial charge in [-0.05, 0) is 31.8 Å². The first-order chi connectivity index (χ1) is 7.04. The molecule has 3 fully saturated rings. The summed E-state index contributed by atoms with van der Waals surface area (Å²) in [6.07, 6.45) is 1.39. The molecule has 3 aliphatic heterocycles. The smallest absolute Gasteiger partial charge is 0.311 e. The van der Waals surface area contributed by atoms with Gasteiger partial charge in [-0.15, -0.1) is 0 Å². The number of carboxylic acids is 2. The Morgan fingerprint density at radius 2 is 1.87 bits per heavy atom. The number of rotatable bonds is 3. The predicted octanol–water partition coefficient (Wildman–Crippen LogP) is 0.258. The Balaban J connectivity index is 2.26. The number of hydrogen-bond acceptors (Lipinski definition) is 3. The van der Waals surface area contributed by atoms with E-state index in [0.717, 1.165) is 25.9 Å². The van der Waals surface area contributed by atoms with E-state index >= 15 is 0 Å². The van der Waals surface area contributed by atoms with Crippen LogP contribution in [0.5, 0.6) is 0 Å². The number of nitrogens with zero attached hydrogens (tertiary/aromatic N) is 1. The van der Waals surface area contributed by atoms with Crippen molar-refractivity contribution in [3.8, 4) is 0 Å². The molecule has 0 aromatic heterocycles. The molecule has 2 bridgehead atoms. The zero-order valence-corrected chi connectivity index (χ0v) is 8.48. The van der Waals surface area contributed by atoms with Crippen LogP contribution in [0.4, 0.5) is 0 Å². The summed E-state index contributed by atoms with van der Waals surface area (Å²) in [5.41, 5.74) is -1.04. The molecule has 1 atom stereocenters. The molecule has 0 spiro atoms. The maximum atomic E-state index is 11.3. The van der Waals surface area contributed by atoms with E-state index in [2.05, 4.69) is 4.90 Å². The van der Waals surface area contributed by atoms with Crippen LogP contribution in [0.25, 0.3) is 0 Å². The number of fused-ring (bicyclic) bond motifs is 3. The standard InChI is InChI=1S/C10H15NO4/c12-8(13)5-10(9(14)15)6-11-3-1-7(10)2-4-11/h7H,1-6H2,(H,12,13)(H,14,15). The highest BCUT2D eigenvalue weighted by molar-refractivity contribution is 5.82. The van der Waals surface area contributed by atoms with Crippen molar-refractivity contribution in [2.24, 2.45) is 11.3 Å². The molecule has 0 aromatic carbocycles. The van der Waals surface area contributed by atoms with Gasteiger partial charge in [-0.2, -0.15) is 0 Å². The van der Waals surface area contributed by atoms with Crippen molar-refractivity contribution < 1.29 is 19.8 Å². The zero-order chi connectivity index (χ0) is 11.1. The second kappa shape index (κ2) is 3.48. The fraction of sp³-hybridized carbons (Fsp3) is 0.800. The first-order valence-corrected chi connectivity index (χ1v) is 5.22. The van der Waals surface area contributed by atoms with E-state index < -0.39 is 17.4 Å². The minimum absolute atomic E-state index is 0.0381. The quantitative estimate of drug-likeness (QED) is 0.703. The molecular formula is C10H15NO4. The Morgan fingerprint density at radius 3 is 2.20 bits per heavy atom. The molecule has 5 nitrogen and oxygen atoms in total. The van der Waals surface area contributed by atoms with Crippen LogP contribution in [0.1, 0.15) is 19.3 Å². The highest BCUT2D eigenvalue weighted by Gasteiger charge is 2.53. The third-order valence-electron chi connectivity index (χ3n) is 3.77. The fourth-order valence-electron chi connectivity index (χ4n) is 2.96. The lowest BCUT2D eigenvalue weighted by molar-refractivity contribution is -0.169. The molecule has 3 rings (SSSR count). The van der Waals surface area contributed by atoms with Gasteiger partial charge in [0.25, 0.3) is 0 Å². The summed E-state index contributed by atoms with van der Waals surface area (Å²) in [5.74, 6) is -1.92. The van der Waals surface area contributed by atoms with E-state index in [9.17, 15) is 14.7 Å². The second-order valence-electron chi connectivity index (χ2n) is 4.58. The van der Waals surface area contributed by atoms with Crippen molar-refractivity contribution in [1.29, 1.82) is 0 Å². The van der Waals surface area contributed by atoms with Crippen LogP contribution in [-0.4, -0.2) is 46.7 Å². The van der Waals surface area contributed by atoms with Crippen molar-refractivity contribution in [3.63, 3.8) is 0 Å². The molecular weight excluding hydrogens is 198 g/mol. The highest BCUT2D eigenvalue weighted by atomic mass is 16.4. The van der Waals surface area contributed by atoms with Crippen molar-refractivity contribution in [2.75, 3.05) is 19.6 Å². The zero-order valence-electron chi connectivity index (χ0n) is 8.48. The summed E-state index contributed by atoms with van der Waals surface area (Å²) in [6, 6.07) is 0. The summed E-state index contributed by atoms with van der Waals surface area (Å²) in [7, 11) is 0. The van der Waals surface area contributed by atoms with Crippen molar-refractivity contribution in [3.05, 3.63) is 0 Å². The van der Waals surface area contributed by atoms with Gasteiger partial charge in [-0.1, -0.05) is 0 Å². The van der Waals surface area contributed by atoms with E-state index in [1.54, 1.807) is 0 Å². The van der Waals surface area contributed by atoms with Gasteiger partial charge in [-0.3, -0.25) is 9.59 Å². The molecule has 5 heteroatoms. The SMILES string of the molecule is O=C(O)CC1(C(=O)O)CN2CCC1CC2. The summed E-state index contributed by atoms with van der Waals surface area (Å²) in [6.45, 7) is 2.23. The Kier molecular flexibility index (Phi) is 2.42. The molecule has 0 saturated carbocycles. The molecule has 3 heterocycles. The van der Waals surface area contributed by atoms with Gasteiger partial charge in [0.1, 0.15) is 0 Å². The third-order valence-corrected chi connectivity index (χ3v) is 3.77. The molecule has 0 radical (unpaired) electrons. The average Bonchev–Trinajstić information content (AvgIpc) is 2.18. The van der Waals surface area contributed by atoms with Crippen LogP contribution in [0.2, 0.25) is 0 Å². The van der Waals surface area contributed by atoms with Crippen LogP contribution in [0.15, 0.2) is 0 Å². The van der Waals surface area contributed by atoms with Crippen molar-refractivity contribution >= 4 is 11.9 Å². The molecule has 84 valence electrons. The van der Waals surface area contributed by atoms with Crippen LogP contribution < -0.4 is 0 Å². The molecule has 15 heavy (non-hydrogen) atoms. The largest absolute Gasteiger partial charge is 0.481 e. The fourth-order valence-corrected chi connectivity index (χ4v) is 2.96. The third kappa shape index (κ3) is 1.61. The van der Waals surface area contributed by atoms with E-state index in [-0.39, 0.29) is 12.3 Å². The van der Waals surface area contributed by atoms with Crippen molar-refractivity contribution in [1.82, 2.24) is 4.90 Å². The predicted molar refractivity (Wildman–Crippen MR) is 51.5 cm³/mol. The minimum atomic E-state index is -1.04. The van der Waals surface area contributed by atoms with Gasteiger partial charge >= 0.3 is 11.9 Å². The molecule has 1 unspecified atom stereocenters. The number of hydrogen-bond donors (Lipinski definition) is 2. The molecule has 3 saturated heterocycles.